The number of fused-ring (bicyclic) bond motifs is 2. The van der Waals surface area contributed by atoms with Crippen molar-refractivity contribution in [3.8, 4) is 17.3 Å². The van der Waals surface area contributed by atoms with Gasteiger partial charge in [-0.15, -0.1) is 0 Å². The Hall–Kier alpha value is -2.39. The molecule has 24 heavy (non-hydrogen) atoms. The smallest absolute Gasteiger partial charge is 0.142 e. The van der Waals surface area contributed by atoms with Gasteiger partial charge in [-0.25, -0.2) is 4.98 Å². The Balaban J connectivity index is 1.91. The Morgan fingerprint density at radius 1 is 1.21 bits per heavy atom. The summed E-state index contributed by atoms with van der Waals surface area (Å²) in [5.41, 5.74) is 11.8. The molecule has 1 aliphatic carbocycles. The molecule has 0 saturated carbocycles. The van der Waals surface area contributed by atoms with Gasteiger partial charge in [-0.3, -0.25) is 4.68 Å². The number of nitriles is 1. The minimum absolute atomic E-state index is 0.342. The van der Waals surface area contributed by atoms with Crippen molar-refractivity contribution in [2.24, 2.45) is 0 Å². The molecule has 6 nitrogen and oxygen atoms in total. The van der Waals surface area contributed by atoms with E-state index in [2.05, 4.69) is 27.1 Å². The van der Waals surface area contributed by atoms with Crippen LogP contribution in [0.15, 0.2) is 6.07 Å². The molecule has 2 aromatic rings. The lowest BCUT2D eigenvalue weighted by Crippen LogP contribution is -2.11. The zero-order valence-corrected chi connectivity index (χ0v) is 13.8. The van der Waals surface area contributed by atoms with Crippen molar-refractivity contribution >= 4 is 5.82 Å². The van der Waals surface area contributed by atoms with Crippen LogP contribution in [0, 0.1) is 11.3 Å². The van der Waals surface area contributed by atoms with Gasteiger partial charge in [0, 0.05) is 24.3 Å². The standard InChI is InChI=1S/C18H22N6/c19-10-14-17(13-5-2-1-3-6-15(13)22-18(14)20)16-9-12-11-21-7-4-8-24(12)23-16/h9,21H,1-8,11H2,(H2,20,22). The molecule has 1 aliphatic heterocycles. The minimum Gasteiger partial charge on any atom is -0.383 e. The third-order valence-electron chi connectivity index (χ3n) is 5.01. The number of hydrogen-bond acceptors (Lipinski definition) is 5. The van der Waals surface area contributed by atoms with E-state index in [4.69, 9.17) is 10.8 Å². The van der Waals surface area contributed by atoms with E-state index in [0.717, 1.165) is 68.7 Å². The van der Waals surface area contributed by atoms with Gasteiger partial charge in [0.2, 0.25) is 0 Å². The van der Waals surface area contributed by atoms with Gasteiger partial charge < -0.3 is 11.1 Å². The van der Waals surface area contributed by atoms with Gasteiger partial charge in [0.15, 0.2) is 0 Å². The lowest BCUT2D eigenvalue weighted by molar-refractivity contribution is 0.589. The molecular weight excluding hydrogens is 300 g/mol. The first kappa shape index (κ1) is 15.2. The molecule has 0 spiro atoms. The molecule has 0 fully saturated rings. The minimum atomic E-state index is 0.342. The van der Waals surface area contributed by atoms with Crippen LogP contribution in [-0.4, -0.2) is 21.3 Å². The molecule has 0 unspecified atom stereocenters. The number of anilines is 1. The molecular formula is C18H22N6. The molecule has 0 bridgehead atoms. The number of hydrogen-bond donors (Lipinski definition) is 2. The average molecular weight is 322 g/mol. The zero-order valence-electron chi connectivity index (χ0n) is 13.8. The fraction of sp³-hybridized carbons (Fsp3) is 0.500. The van der Waals surface area contributed by atoms with Crippen molar-refractivity contribution in [3.05, 3.63) is 28.6 Å². The van der Waals surface area contributed by atoms with Gasteiger partial charge >= 0.3 is 0 Å². The molecule has 0 saturated heterocycles. The van der Waals surface area contributed by atoms with Gasteiger partial charge in [-0.05, 0) is 50.3 Å². The van der Waals surface area contributed by atoms with Crippen LogP contribution in [-0.2, 0) is 25.9 Å². The van der Waals surface area contributed by atoms with Crippen LogP contribution in [0.2, 0.25) is 0 Å². The molecule has 3 N–H and O–H groups in total. The van der Waals surface area contributed by atoms with Crippen molar-refractivity contribution in [2.75, 3.05) is 12.3 Å². The van der Waals surface area contributed by atoms with Crippen molar-refractivity contribution in [2.45, 2.75) is 51.6 Å². The first-order valence-corrected chi connectivity index (χ1v) is 8.77. The fourth-order valence-corrected chi connectivity index (χ4v) is 3.82. The number of nitrogens with two attached hydrogens (primary N) is 1. The summed E-state index contributed by atoms with van der Waals surface area (Å²) < 4.78 is 2.07. The number of nitrogen functional groups attached to an aromatic ring is 1. The maximum atomic E-state index is 9.66. The summed E-state index contributed by atoms with van der Waals surface area (Å²) in [5.74, 6) is 0.342. The van der Waals surface area contributed by atoms with Crippen LogP contribution in [0.4, 0.5) is 5.82 Å². The summed E-state index contributed by atoms with van der Waals surface area (Å²) >= 11 is 0. The predicted octanol–water partition coefficient (Wildman–Crippen LogP) is 2.16. The van der Waals surface area contributed by atoms with Gasteiger partial charge in [0.1, 0.15) is 17.5 Å². The molecule has 0 radical (unpaired) electrons. The highest BCUT2D eigenvalue weighted by Crippen LogP contribution is 2.35. The Morgan fingerprint density at radius 3 is 2.96 bits per heavy atom. The van der Waals surface area contributed by atoms with Crippen LogP contribution in [0.3, 0.4) is 0 Å². The normalized spacial score (nSPS) is 17.3. The summed E-state index contributed by atoms with van der Waals surface area (Å²) in [7, 11) is 0. The maximum Gasteiger partial charge on any atom is 0.142 e. The number of pyridine rings is 1. The maximum absolute atomic E-state index is 9.66. The van der Waals surface area contributed by atoms with Gasteiger partial charge in [-0.2, -0.15) is 10.4 Å². The van der Waals surface area contributed by atoms with E-state index in [1.165, 1.54) is 17.7 Å². The highest BCUT2D eigenvalue weighted by atomic mass is 15.3. The molecule has 3 heterocycles. The number of aromatic nitrogens is 3. The quantitative estimate of drug-likeness (QED) is 0.785. The summed E-state index contributed by atoms with van der Waals surface area (Å²) in [6.45, 7) is 2.74. The fourth-order valence-electron chi connectivity index (χ4n) is 3.82. The summed E-state index contributed by atoms with van der Waals surface area (Å²) in [4.78, 5) is 4.54. The van der Waals surface area contributed by atoms with E-state index < -0.39 is 0 Å². The van der Waals surface area contributed by atoms with Crippen molar-refractivity contribution < 1.29 is 0 Å². The van der Waals surface area contributed by atoms with Gasteiger partial charge in [0.05, 0.1) is 11.4 Å². The van der Waals surface area contributed by atoms with Gasteiger partial charge in [0.25, 0.3) is 0 Å². The molecule has 124 valence electrons. The summed E-state index contributed by atoms with van der Waals surface area (Å²) in [6.07, 6.45) is 6.41. The number of nitrogens with one attached hydrogen (secondary N) is 1. The van der Waals surface area contributed by atoms with Crippen LogP contribution in [0.25, 0.3) is 11.3 Å². The Labute approximate surface area is 141 Å². The number of aryl methyl sites for hydroxylation is 2. The average Bonchev–Trinajstić information content (AvgIpc) is 2.75. The number of nitrogens with zero attached hydrogens (tertiary/aromatic N) is 4. The Morgan fingerprint density at radius 2 is 2.08 bits per heavy atom. The lowest BCUT2D eigenvalue weighted by atomic mass is 9.95. The first-order chi connectivity index (χ1) is 11.8. The van der Waals surface area contributed by atoms with E-state index in [-0.39, 0.29) is 0 Å². The SMILES string of the molecule is N#Cc1c(N)nc2c(c1-c1cc3n(n1)CCCNC3)CCCCC2. The number of rotatable bonds is 1. The Kier molecular flexibility index (Phi) is 3.95. The topological polar surface area (TPSA) is 92.5 Å². The molecule has 4 rings (SSSR count). The molecule has 2 aliphatic rings. The monoisotopic (exact) mass is 322 g/mol. The van der Waals surface area contributed by atoms with Crippen LogP contribution < -0.4 is 11.1 Å². The third kappa shape index (κ3) is 2.55. The predicted molar refractivity (Wildman–Crippen MR) is 92.2 cm³/mol. The van der Waals surface area contributed by atoms with Crippen LogP contribution in [0.5, 0.6) is 0 Å². The summed E-state index contributed by atoms with van der Waals surface area (Å²) in [6, 6.07) is 4.38. The van der Waals surface area contributed by atoms with E-state index >= 15 is 0 Å². The summed E-state index contributed by atoms with van der Waals surface area (Å²) in [5, 5.41) is 17.9. The zero-order chi connectivity index (χ0) is 16.5. The van der Waals surface area contributed by atoms with E-state index in [9.17, 15) is 5.26 Å². The van der Waals surface area contributed by atoms with Crippen LogP contribution in [0.1, 0.15) is 48.2 Å². The first-order valence-electron chi connectivity index (χ1n) is 8.77. The second kappa shape index (κ2) is 6.25. The third-order valence-corrected chi connectivity index (χ3v) is 5.01. The highest BCUT2D eigenvalue weighted by Gasteiger charge is 2.24. The van der Waals surface area contributed by atoms with E-state index in [0.29, 0.717) is 11.4 Å². The second-order valence-electron chi connectivity index (χ2n) is 6.62. The second-order valence-corrected chi connectivity index (χ2v) is 6.62. The van der Waals surface area contributed by atoms with Crippen molar-refractivity contribution in [1.29, 1.82) is 5.26 Å². The lowest BCUT2D eigenvalue weighted by Gasteiger charge is -2.14. The molecule has 6 heteroatoms. The van der Waals surface area contributed by atoms with Crippen molar-refractivity contribution in [3.63, 3.8) is 0 Å². The molecule has 0 aromatic carbocycles. The molecule has 2 aromatic heterocycles. The highest BCUT2D eigenvalue weighted by molar-refractivity contribution is 5.77. The van der Waals surface area contributed by atoms with Crippen LogP contribution >= 0.6 is 0 Å². The molecule has 0 amide bonds. The van der Waals surface area contributed by atoms with E-state index in [1.54, 1.807) is 0 Å². The van der Waals surface area contributed by atoms with Crippen molar-refractivity contribution in [1.82, 2.24) is 20.1 Å². The van der Waals surface area contributed by atoms with Gasteiger partial charge in [-0.1, -0.05) is 6.42 Å². The largest absolute Gasteiger partial charge is 0.383 e. The Bertz CT molecular complexity index is 790. The van der Waals surface area contributed by atoms with E-state index in [1.807, 2.05) is 0 Å². The molecule has 0 atom stereocenters.